The number of nitrogens with one attached hydrogen (secondary N) is 1. The van der Waals surface area contributed by atoms with Crippen LogP contribution in [-0.2, 0) is 9.59 Å². The van der Waals surface area contributed by atoms with Gasteiger partial charge in [0.2, 0.25) is 12.7 Å². The third kappa shape index (κ3) is 3.70. The first-order chi connectivity index (χ1) is 13.1. The number of carbonyl (C=O) groups excluding carboxylic acids is 2. The van der Waals surface area contributed by atoms with Crippen molar-refractivity contribution in [3.63, 3.8) is 0 Å². The number of hydrogen-bond acceptors (Lipinski definition) is 6. The molecular weight excluding hydrogens is 348 g/mol. The van der Waals surface area contributed by atoms with Gasteiger partial charge in [-0.3, -0.25) is 9.59 Å². The van der Waals surface area contributed by atoms with Crippen molar-refractivity contribution in [1.82, 2.24) is 0 Å². The highest BCUT2D eigenvalue weighted by Gasteiger charge is 2.38. The maximum atomic E-state index is 12.2. The van der Waals surface area contributed by atoms with E-state index in [4.69, 9.17) is 19.5 Å². The van der Waals surface area contributed by atoms with Crippen LogP contribution in [0.15, 0.2) is 42.5 Å². The molecule has 1 fully saturated rings. The van der Waals surface area contributed by atoms with Gasteiger partial charge in [0.25, 0.3) is 0 Å². The SMILES string of the molecule is N#CC(C(=O)Nc1ccc(Oc2ccc3c(c2)OCO3)cc1)C(=O)C1CC1. The third-order valence-electron chi connectivity index (χ3n) is 4.36. The molecule has 7 nitrogen and oxygen atoms in total. The predicted molar refractivity (Wildman–Crippen MR) is 94.5 cm³/mol. The van der Waals surface area contributed by atoms with Gasteiger partial charge in [-0.15, -0.1) is 0 Å². The van der Waals surface area contributed by atoms with Crippen LogP contribution < -0.4 is 19.5 Å². The highest BCUT2D eigenvalue weighted by molar-refractivity contribution is 6.10. The van der Waals surface area contributed by atoms with Gasteiger partial charge < -0.3 is 19.5 Å². The number of hydrogen-bond donors (Lipinski definition) is 1. The molecule has 1 amide bonds. The summed E-state index contributed by atoms with van der Waals surface area (Å²) in [5, 5.41) is 11.7. The van der Waals surface area contributed by atoms with Crippen LogP contribution in [-0.4, -0.2) is 18.5 Å². The standard InChI is InChI=1S/C20H16N2O5/c21-10-16(19(23)12-1-2-12)20(24)22-13-3-5-14(6-4-13)27-15-7-8-17-18(9-15)26-11-25-17/h3-9,12,16H,1-2,11H2,(H,22,24). The van der Waals surface area contributed by atoms with Crippen molar-refractivity contribution < 1.29 is 23.8 Å². The number of fused-ring (bicyclic) bond motifs is 1. The molecule has 1 heterocycles. The highest BCUT2D eigenvalue weighted by Crippen LogP contribution is 2.36. The number of ether oxygens (including phenoxy) is 3. The Labute approximate surface area is 155 Å². The lowest BCUT2D eigenvalue weighted by Crippen LogP contribution is -2.29. The number of ketones is 1. The van der Waals surface area contributed by atoms with Crippen molar-refractivity contribution in [3.05, 3.63) is 42.5 Å². The second kappa shape index (κ2) is 7.00. The molecule has 1 aliphatic carbocycles. The van der Waals surface area contributed by atoms with Crippen LogP contribution in [0.2, 0.25) is 0 Å². The molecule has 0 radical (unpaired) electrons. The molecule has 1 aliphatic heterocycles. The van der Waals surface area contributed by atoms with E-state index in [-0.39, 0.29) is 18.5 Å². The molecule has 0 bridgehead atoms. The van der Waals surface area contributed by atoms with E-state index in [0.29, 0.717) is 28.7 Å². The summed E-state index contributed by atoms with van der Waals surface area (Å²) in [4.78, 5) is 24.2. The van der Waals surface area contributed by atoms with Gasteiger partial charge in [-0.2, -0.15) is 5.26 Å². The Morgan fingerprint density at radius 3 is 2.48 bits per heavy atom. The minimum absolute atomic E-state index is 0.141. The quantitative estimate of drug-likeness (QED) is 0.790. The average molecular weight is 364 g/mol. The molecular formula is C20H16N2O5. The van der Waals surface area contributed by atoms with E-state index >= 15 is 0 Å². The summed E-state index contributed by atoms with van der Waals surface area (Å²) in [7, 11) is 0. The zero-order valence-corrected chi connectivity index (χ0v) is 14.3. The fourth-order valence-electron chi connectivity index (χ4n) is 2.75. The van der Waals surface area contributed by atoms with Crippen molar-refractivity contribution in [2.24, 2.45) is 11.8 Å². The molecule has 7 heteroatoms. The lowest BCUT2D eigenvalue weighted by molar-refractivity contribution is -0.129. The van der Waals surface area contributed by atoms with E-state index in [9.17, 15) is 9.59 Å². The summed E-state index contributed by atoms with van der Waals surface area (Å²) in [5.41, 5.74) is 0.488. The number of anilines is 1. The lowest BCUT2D eigenvalue weighted by Gasteiger charge is -2.10. The second-order valence-electron chi connectivity index (χ2n) is 6.37. The van der Waals surface area contributed by atoms with Gasteiger partial charge >= 0.3 is 0 Å². The molecule has 0 spiro atoms. The van der Waals surface area contributed by atoms with E-state index in [1.807, 2.05) is 0 Å². The minimum Gasteiger partial charge on any atom is -0.457 e. The van der Waals surface area contributed by atoms with E-state index < -0.39 is 11.8 Å². The summed E-state index contributed by atoms with van der Waals surface area (Å²) < 4.78 is 16.3. The molecule has 1 unspecified atom stereocenters. The molecule has 27 heavy (non-hydrogen) atoms. The van der Waals surface area contributed by atoms with Crippen LogP contribution in [0.5, 0.6) is 23.0 Å². The van der Waals surface area contributed by atoms with Gasteiger partial charge in [0.05, 0.1) is 6.07 Å². The fraction of sp³-hybridized carbons (Fsp3) is 0.250. The first-order valence-electron chi connectivity index (χ1n) is 8.56. The van der Waals surface area contributed by atoms with E-state index in [2.05, 4.69) is 5.32 Å². The van der Waals surface area contributed by atoms with Gasteiger partial charge in [0.1, 0.15) is 11.5 Å². The first-order valence-corrected chi connectivity index (χ1v) is 8.56. The van der Waals surface area contributed by atoms with E-state index in [1.165, 1.54) is 0 Å². The van der Waals surface area contributed by atoms with E-state index in [0.717, 1.165) is 12.8 Å². The monoisotopic (exact) mass is 364 g/mol. The van der Waals surface area contributed by atoms with Crippen LogP contribution >= 0.6 is 0 Å². The molecule has 4 rings (SSSR count). The summed E-state index contributed by atoms with van der Waals surface area (Å²) >= 11 is 0. The third-order valence-corrected chi connectivity index (χ3v) is 4.36. The lowest BCUT2D eigenvalue weighted by atomic mass is 10.0. The molecule has 1 saturated carbocycles. The molecule has 0 aromatic heterocycles. The highest BCUT2D eigenvalue weighted by atomic mass is 16.7. The van der Waals surface area contributed by atoms with Gasteiger partial charge in [0.15, 0.2) is 23.2 Å². The summed E-state index contributed by atoms with van der Waals surface area (Å²) in [6, 6.07) is 13.7. The van der Waals surface area contributed by atoms with Gasteiger partial charge in [-0.25, -0.2) is 0 Å². The van der Waals surface area contributed by atoms with Crippen LogP contribution in [0.4, 0.5) is 5.69 Å². The number of rotatable bonds is 6. The molecule has 0 saturated heterocycles. The zero-order valence-electron chi connectivity index (χ0n) is 14.3. The Hall–Kier alpha value is -3.53. The summed E-state index contributed by atoms with van der Waals surface area (Å²) in [5.74, 6) is 0.164. The van der Waals surface area contributed by atoms with Crippen molar-refractivity contribution in [2.45, 2.75) is 12.8 Å². The summed E-state index contributed by atoms with van der Waals surface area (Å²) in [6.07, 6.45) is 1.52. The molecule has 2 aromatic rings. The van der Waals surface area contributed by atoms with Gasteiger partial charge in [-0.1, -0.05) is 0 Å². The predicted octanol–water partition coefficient (Wildman–Crippen LogP) is 3.26. The Morgan fingerprint density at radius 2 is 1.78 bits per heavy atom. The fourth-order valence-corrected chi connectivity index (χ4v) is 2.75. The van der Waals surface area contributed by atoms with E-state index in [1.54, 1.807) is 48.5 Å². The number of carbonyl (C=O) groups is 2. The van der Waals surface area contributed by atoms with Gasteiger partial charge in [0, 0.05) is 17.7 Å². The van der Waals surface area contributed by atoms with Crippen molar-refractivity contribution in [3.8, 4) is 29.1 Å². The Kier molecular flexibility index (Phi) is 4.38. The number of amides is 1. The van der Waals surface area contributed by atoms with Crippen molar-refractivity contribution in [1.29, 1.82) is 5.26 Å². The first kappa shape index (κ1) is 16.9. The zero-order chi connectivity index (χ0) is 18.8. The molecule has 2 aliphatic rings. The Bertz CT molecular complexity index is 928. The van der Waals surface area contributed by atoms with Crippen molar-refractivity contribution in [2.75, 3.05) is 12.1 Å². The van der Waals surface area contributed by atoms with Crippen molar-refractivity contribution >= 4 is 17.4 Å². The summed E-state index contributed by atoms with van der Waals surface area (Å²) in [6.45, 7) is 0.195. The smallest absolute Gasteiger partial charge is 0.249 e. The second-order valence-corrected chi connectivity index (χ2v) is 6.37. The van der Waals surface area contributed by atoms with Crippen LogP contribution in [0, 0.1) is 23.2 Å². The van der Waals surface area contributed by atoms with Crippen LogP contribution in [0.1, 0.15) is 12.8 Å². The number of benzene rings is 2. The molecule has 2 aromatic carbocycles. The average Bonchev–Trinajstić information content (AvgIpc) is 3.42. The Morgan fingerprint density at radius 1 is 1.07 bits per heavy atom. The Balaban J connectivity index is 1.39. The maximum Gasteiger partial charge on any atom is 0.249 e. The number of nitriles is 1. The van der Waals surface area contributed by atoms with Gasteiger partial charge in [-0.05, 0) is 49.2 Å². The molecule has 1 N–H and O–H groups in total. The number of nitrogens with zero attached hydrogens (tertiary/aromatic N) is 1. The number of Topliss-reactive ketones (excluding diaryl/α,β-unsaturated/α-hetero) is 1. The topological polar surface area (TPSA) is 97.7 Å². The van der Waals surface area contributed by atoms with Crippen LogP contribution in [0.25, 0.3) is 0 Å². The molecule has 136 valence electrons. The normalized spacial score (nSPS) is 15.5. The minimum atomic E-state index is -1.26. The maximum absolute atomic E-state index is 12.2. The van der Waals surface area contributed by atoms with Crippen LogP contribution in [0.3, 0.4) is 0 Å². The molecule has 1 atom stereocenters. The largest absolute Gasteiger partial charge is 0.457 e.